The molecular formula is C16H23ClN2O2. The van der Waals surface area contributed by atoms with E-state index in [9.17, 15) is 4.79 Å². The van der Waals surface area contributed by atoms with Crippen molar-refractivity contribution in [2.75, 3.05) is 13.2 Å². The molecule has 0 heterocycles. The molecule has 1 aromatic carbocycles. The Labute approximate surface area is 131 Å². The van der Waals surface area contributed by atoms with E-state index in [4.69, 9.17) is 22.1 Å². The first kappa shape index (κ1) is 16.1. The largest absolute Gasteiger partial charge is 0.484 e. The van der Waals surface area contributed by atoms with Crippen molar-refractivity contribution in [3.05, 3.63) is 29.3 Å². The van der Waals surface area contributed by atoms with Gasteiger partial charge in [-0.1, -0.05) is 37.4 Å². The summed E-state index contributed by atoms with van der Waals surface area (Å²) in [5.41, 5.74) is 5.65. The van der Waals surface area contributed by atoms with Crippen LogP contribution in [0, 0.1) is 5.92 Å². The molecule has 1 amide bonds. The molecule has 1 fully saturated rings. The zero-order valence-electron chi connectivity index (χ0n) is 12.4. The Balaban J connectivity index is 1.91. The normalized spacial score (nSPS) is 25.4. The number of ether oxygens (including phenoxy) is 1. The van der Waals surface area contributed by atoms with Gasteiger partial charge >= 0.3 is 0 Å². The van der Waals surface area contributed by atoms with Crippen molar-refractivity contribution in [3.8, 4) is 5.75 Å². The van der Waals surface area contributed by atoms with Crippen molar-refractivity contribution >= 4 is 17.5 Å². The fourth-order valence-electron chi connectivity index (χ4n) is 2.97. The smallest absolute Gasteiger partial charge is 0.258 e. The second-order valence-electron chi connectivity index (χ2n) is 5.80. The van der Waals surface area contributed by atoms with Crippen molar-refractivity contribution in [1.82, 2.24) is 5.32 Å². The molecule has 0 bridgehead atoms. The Hall–Kier alpha value is -1.26. The molecule has 2 unspecified atom stereocenters. The van der Waals surface area contributed by atoms with E-state index in [1.807, 2.05) is 0 Å². The number of hydrogen-bond donors (Lipinski definition) is 2. The molecule has 116 valence electrons. The summed E-state index contributed by atoms with van der Waals surface area (Å²) < 4.78 is 5.48. The van der Waals surface area contributed by atoms with Gasteiger partial charge in [0.2, 0.25) is 0 Å². The van der Waals surface area contributed by atoms with Crippen LogP contribution in [-0.4, -0.2) is 24.6 Å². The van der Waals surface area contributed by atoms with Crippen LogP contribution in [0.1, 0.15) is 32.6 Å². The highest BCUT2D eigenvalue weighted by Gasteiger charge is 2.38. The summed E-state index contributed by atoms with van der Waals surface area (Å²) in [7, 11) is 0. The lowest BCUT2D eigenvalue weighted by atomic mass is 9.73. The Morgan fingerprint density at radius 2 is 2.33 bits per heavy atom. The first-order chi connectivity index (χ1) is 10.1. The van der Waals surface area contributed by atoms with Gasteiger partial charge in [-0.05, 0) is 37.0 Å². The maximum Gasteiger partial charge on any atom is 0.258 e. The molecule has 0 radical (unpaired) electrons. The average molecular weight is 311 g/mol. The third-order valence-corrected chi connectivity index (χ3v) is 4.61. The predicted octanol–water partition coefficient (Wildman–Crippen LogP) is 2.74. The average Bonchev–Trinajstić information content (AvgIpc) is 2.48. The van der Waals surface area contributed by atoms with E-state index in [1.165, 1.54) is 6.42 Å². The quantitative estimate of drug-likeness (QED) is 0.879. The van der Waals surface area contributed by atoms with Gasteiger partial charge in [-0.2, -0.15) is 0 Å². The fraction of sp³-hybridized carbons (Fsp3) is 0.562. The summed E-state index contributed by atoms with van der Waals surface area (Å²) in [5.74, 6) is 0.858. The Morgan fingerprint density at radius 3 is 3.00 bits per heavy atom. The van der Waals surface area contributed by atoms with Crippen LogP contribution in [0.25, 0.3) is 0 Å². The maximum absolute atomic E-state index is 12.2. The third kappa shape index (κ3) is 4.11. The number of nitrogens with two attached hydrogens (primary N) is 1. The molecule has 1 saturated carbocycles. The van der Waals surface area contributed by atoms with Crippen LogP contribution >= 0.6 is 11.6 Å². The lowest BCUT2D eigenvalue weighted by Gasteiger charge is -2.42. The number of hydrogen-bond acceptors (Lipinski definition) is 3. The summed E-state index contributed by atoms with van der Waals surface area (Å²) in [5, 5.41) is 3.68. The molecule has 2 rings (SSSR count). The zero-order chi connectivity index (χ0) is 15.3. The summed E-state index contributed by atoms with van der Waals surface area (Å²) in [6, 6.07) is 7.03. The molecule has 1 aromatic rings. The van der Waals surface area contributed by atoms with Crippen LogP contribution in [0.15, 0.2) is 24.3 Å². The number of carbonyl (C=O) groups is 1. The highest BCUT2D eigenvalue weighted by molar-refractivity contribution is 6.30. The SMILES string of the molecule is CC1CCCCC1(CN)NC(=O)COc1cccc(Cl)c1. The molecule has 5 heteroatoms. The van der Waals surface area contributed by atoms with Crippen LogP contribution in [-0.2, 0) is 4.79 Å². The zero-order valence-corrected chi connectivity index (χ0v) is 13.2. The van der Waals surface area contributed by atoms with Gasteiger partial charge in [0.25, 0.3) is 5.91 Å². The van der Waals surface area contributed by atoms with E-state index in [0.29, 0.717) is 23.2 Å². The van der Waals surface area contributed by atoms with Gasteiger partial charge in [0.05, 0.1) is 5.54 Å². The first-order valence-electron chi connectivity index (χ1n) is 7.45. The molecule has 3 N–H and O–H groups in total. The fourth-order valence-corrected chi connectivity index (χ4v) is 3.15. The molecule has 2 atom stereocenters. The summed E-state index contributed by atoms with van der Waals surface area (Å²) in [4.78, 5) is 12.2. The van der Waals surface area contributed by atoms with Crippen molar-refractivity contribution in [2.45, 2.75) is 38.1 Å². The van der Waals surface area contributed by atoms with Crippen molar-refractivity contribution in [1.29, 1.82) is 0 Å². The molecule has 1 aliphatic rings. The first-order valence-corrected chi connectivity index (χ1v) is 7.83. The third-order valence-electron chi connectivity index (χ3n) is 4.37. The minimum Gasteiger partial charge on any atom is -0.484 e. The monoisotopic (exact) mass is 310 g/mol. The van der Waals surface area contributed by atoms with E-state index in [-0.39, 0.29) is 18.1 Å². The number of nitrogens with one attached hydrogen (secondary N) is 1. The molecule has 0 aliphatic heterocycles. The van der Waals surface area contributed by atoms with Gasteiger partial charge in [-0.25, -0.2) is 0 Å². The minimum atomic E-state index is -0.285. The highest BCUT2D eigenvalue weighted by Crippen LogP contribution is 2.32. The van der Waals surface area contributed by atoms with E-state index < -0.39 is 0 Å². The van der Waals surface area contributed by atoms with Crippen LogP contribution < -0.4 is 15.8 Å². The van der Waals surface area contributed by atoms with Gasteiger partial charge in [-0.3, -0.25) is 4.79 Å². The van der Waals surface area contributed by atoms with Gasteiger partial charge in [0.15, 0.2) is 6.61 Å². The molecule has 0 spiro atoms. The van der Waals surface area contributed by atoms with E-state index in [2.05, 4.69) is 12.2 Å². The molecule has 21 heavy (non-hydrogen) atoms. The van der Waals surface area contributed by atoms with E-state index >= 15 is 0 Å². The summed E-state index contributed by atoms with van der Waals surface area (Å²) in [6.45, 7) is 2.61. The van der Waals surface area contributed by atoms with Crippen molar-refractivity contribution in [2.24, 2.45) is 11.7 Å². The molecule has 0 saturated heterocycles. The number of rotatable bonds is 5. The molecule has 1 aliphatic carbocycles. The molecular weight excluding hydrogens is 288 g/mol. The Morgan fingerprint density at radius 1 is 1.52 bits per heavy atom. The maximum atomic E-state index is 12.2. The van der Waals surface area contributed by atoms with Crippen LogP contribution in [0.5, 0.6) is 5.75 Å². The Bertz CT molecular complexity index is 495. The van der Waals surface area contributed by atoms with Crippen molar-refractivity contribution < 1.29 is 9.53 Å². The molecule has 4 nitrogen and oxygen atoms in total. The summed E-state index contributed by atoms with van der Waals surface area (Å²) >= 11 is 5.88. The van der Waals surface area contributed by atoms with Gasteiger partial charge in [0.1, 0.15) is 5.75 Å². The lowest BCUT2D eigenvalue weighted by molar-refractivity contribution is -0.126. The number of benzene rings is 1. The van der Waals surface area contributed by atoms with Gasteiger partial charge < -0.3 is 15.8 Å². The van der Waals surface area contributed by atoms with E-state index in [1.54, 1.807) is 24.3 Å². The van der Waals surface area contributed by atoms with Crippen LogP contribution in [0.2, 0.25) is 5.02 Å². The second-order valence-corrected chi connectivity index (χ2v) is 6.24. The number of carbonyl (C=O) groups excluding carboxylic acids is 1. The van der Waals surface area contributed by atoms with Gasteiger partial charge in [-0.15, -0.1) is 0 Å². The number of amides is 1. The van der Waals surface area contributed by atoms with E-state index in [0.717, 1.165) is 19.3 Å². The van der Waals surface area contributed by atoms with Gasteiger partial charge in [0, 0.05) is 11.6 Å². The minimum absolute atomic E-state index is 0.0190. The van der Waals surface area contributed by atoms with Crippen LogP contribution in [0.4, 0.5) is 0 Å². The Kier molecular flexibility index (Phi) is 5.48. The molecule has 0 aromatic heterocycles. The topological polar surface area (TPSA) is 64.3 Å². The lowest BCUT2D eigenvalue weighted by Crippen LogP contribution is -2.59. The highest BCUT2D eigenvalue weighted by atomic mass is 35.5. The number of halogens is 1. The van der Waals surface area contributed by atoms with Crippen molar-refractivity contribution in [3.63, 3.8) is 0 Å². The van der Waals surface area contributed by atoms with Crippen LogP contribution in [0.3, 0.4) is 0 Å². The standard InChI is InChI=1S/C16H23ClN2O2/c1-12-5-2-3-8-16(12,11-18)19-15(20)10-21-14-7-4-6-13(17)9-14/h4,6-7,9,12H,2-3,5,8,10-11,18H2,1H3,(H,19,20). The summed E-state index contributed by atoms with van der Waals surface area (Å²) in [6.07, 6.45) is 4.36. The second kappa shape index (κ2) is 7.14. The predicted molar refractivity (Wildman–Crippen MR) is 84.5 cm³/mol.